The first kappa shape index (κ1) is 21.8. The van der Waals surface area contributed by atoms with Crippen molar-refractivity contribution in [3.8, 4) is 0 Å². The normalized spacial score (nSPS) is 21.1. The van der Waals surface area contributed by atoms with Crippen LogP contribution in [0.15, 0.2) is 66.2 Å². The second-order valence-electron chi connectivity index (χ2n) is 9.80. The third kappa shape index (κ3) is 4.06. The Morgan fingerprint density at radius 2 is 2.03 bits per heavy atom. The van der Waals surface area contributed by atoms with E-state index in [0.717, 1.165) is 35.9 Å². The van der Waals surface area contributed by atoms with Crippen LogP contribution < -0.4 is 10.3 Å². The first-order valence-corrected chi connectivity index (χ1v) is 12.0. The Balaban J connectivity index is 1.48. The van der Waals surface area contributed by atoms with E-state index in [4.69, 9.17) is 4.74 Å². The minimum absolute atomic E-state index is 0.307. The Labute approximate surface area is 196 Å². The Hall–Kier alpha value is -3.05. The summed E-state index contributed by atoms with van der Waals surface area (Å²) in [5.41, 5.74) is 9.21. The number of hydrogen-bond donors (Lipinski definition) is 1. The average molecular weight is 443 g/mol. The van der Waals surface area contributed by atoms with Crippen LogP contribution in [0.4, 0.5) is 5.69 Å². The Morgan fingerprint density at radius 1 is 1.18 bits per heavy atom. The van der Waals surface area contributed by atoms with Gasteiger partial charge in [-0.3, -0.25) is 10.3 Å². The molecule has 3 aromatic rings. The minimum atomic E-state index is 0.307. The maximum Gasteiger partial charge on any atom is 0.166 e. The zero-order valence-corrected chi connectivity index (χ0v) is 20.1. The lowest BCUT2D eigenvalue weighted by atomic mass is 9.87. The number of benzene rings is 2. The third-order valence-electron chi connectivity index (χ3n) is 7.12. The van der Waals surface area contributed by atoms with E-state index in [1.165, 1.54) is 34.9 Å². The molecule has 5 rings (SSSR count). The second kappa shape index (κ2) is 8.71. The van der Waals surface area contributed by atoms with Crippen molar-refractivity contribution in [3.05, 3.63) is 77.8 Å². The molecule has 2 aromatic carbocycles. The van der Waals surface area contributed by atoms with Gasteiger partial charge in [0.05, 0.1) is 6.10 Å². The first-order chi connectivity index (χ1) is 15.9. The van der Waals surface area contributed by atoms with Gasteiger partial charge in [0.25, 0.3) is 0 Å². The molecule has 5 heteroatoms. The summed E-state index contributed by atoms with van der Waals surface area (Å²) in [5, 5.41) is 5.85. The molecule has 0 spiro atoms. The lowest BCUT2D eigenvalue weighted by Gasteiger charge is -2.30. The van der Waals surface area contributed by atoms with Crippen LogP contribution >= 0.6 is 0 Å². The quantitative estimate of drug-likeness (QED) is 0.535. The molecule has 2 unspecified atom stereocenters. The van der Waals surface area contributed by atoms with Crippen molar-refractivity contribution in [1.29, 1.82) is 0 Å². The van der Waals surface area contributed by atoms with Crippen molar-refractivity contribution in [2.45, 2.75) is 52.1 Å². The summed E-state index contributed by atoms with van der Waals surface area (Å²) in [6, 6.07) is 15.4. The summed E-state index contributed by atoms with van der Waals surface area (Å²) < 4.78 is 8.26. The number of nitrogens with one attached hydrogen (secondary N) is 1. The van der Waals surface area contributed by atoms with E-state index in [9.17, 15) is 0 Å². The molecule has 1 fully saturated rings. The van der Waals surface area contributed by atoms with E-state index in [1.807, 2.05) is 0 Å². The highest BCUT2D eigenvalue weighted by atomic mass is 16.5. The molecule has 0 radical (unpaired) electrons. The maximum absolute atomic E-state index is 6.13. The van der Waals surface area contributed by atoms with Crippen molar-refractivity contribution in [1.82, 2.24) is 9.99 Å². The van der Waals surface area contributed by atoms with Gasteiger partial charge in [-0.1, -0.05) is 39.5 Å². The predicted octanol–water partition coefficient (Wildman–Crippen LogP) is 5.90. The van der Waals surface area contributed by atoms with E-state index in [2.05, 4.69) is 103 Å². The molecule has 0 amide bonds. The molecule has 172 valence electrons. The molecule has 2 aliphatic heterocycles. The molecule has 2 atom stereocenters. The molecule has 1 N–H and O–H groups in total. The molecule has 0 bridgehead atoms. The van der Waals surface area contributed by atoms with E-state index < -0.39 is 0 Å². The molecule has 33 heavy (non-hydrogen) atoms. The van der Waals surface area contributed by atoms with E-state index in [1.54, 1.807) is 0 Å². The zero-order valence-electron chi connectivity index (χ0n) is 20.1. The van der Waals surface area contributed by atoms with Crippen molar-refractivity contribution < 1.29 is 4.74 Å². The van der Waals surface area contributed by atoms with E-state index in [-0.39, 0.29) is 0 Å². The van der Waals surface area contributed by atoms with Crippen LogP contribution in [0, 0.1) is 5.92 Å². The second-order valence-corrected chi connectivity index (χ2v) is 9.80. The molecular weight excluding hydrogens is 408 g/mol. The topological polar surface area (TPSA) is 41.8 Å². The van der Waals surface area contributed by atoms with Gasteiger partial charge < -0.3 is 9.30 Å². The van der Waals surface area contributed by atoms with Gasteiger partial charge in [-0.15, -0.1) is 0 Å². The van der Waals surface area contributed by atoms with Crippen molar-refractivity contribution >= 4 is 22.4 Å². The molecule has 2 aliphatic rings. The van der Waals surface area contributed by atoms with Gasteiger partial charge >= 0.3 is 0 Å². The molecule has 5 nitrogen and oxygen atoms in total. The van der Waals surface area contributed by atoms with Gasteiger partial charge in [-0.25, -0.2) is 0 Å². The fourth-order valence-electron chi connectivity index (χ4n) is 5.15. The molecular formula is C28H34N4O. The molecule has 0 saturated carbocycles. The fourth-order valence-corrected chi connectivity index (χ4v) is 5.15. The number of fused-ring (bicyclic) bond motifs is 1. The monoisotopic (exact) mass is 442 g/mol. The Kier molecular flexibility index (Phi) is 5.75. The zero-order chi connectivity index (χ0) is 23.1. The van der Waals surface area contributed by atoms with Crippen LogP contribution in [-0.2, 0) is 18.2 Å². The number of rotatable bonds is 5. The van der Waals surface area contributed by atoms with Crippen LogP contribution in [0.2, 0.25) is 0 Å². The summed E-state index contributed by atoms with van der Waals surface area (Å²) in [6.45, 7) is 11.9. The highest BCUT2D eigenvalue weighted by molar-refractivity contribution is 6.13. The van der Waals surface area contributed by atoms with Crippen LogP contribution in [-0.4, -0.2) is 23.1 Å². The Bertz CT molecular complexity index is 1220. The minimum Gasteiger partial charge on any atom is -0.378 e. The summed E-state index contributed by atoms with van der Waals surface area (Å²) in [5.74, 6) is 2.67. The standard InChI is InChI=1S/C28H34N4O/c1-18(2)25-16-23(9-8-21(25)17-27-19(3)7-6-14-33-27)28-30-29-20(4)32(28)24-10-11-26-22(15-24)12-13-31(26)5/h8-13,15-16,18-19,27,29H,4,6-7,14,17H2,1-3,5H3. The lowest BCUT2D eigenvalue weighted by molar-refractivity contribution is -0.0194. The highest BCUT2D eigenvalue weighted by Gasteiger charge is 2.27. The smallest absolute Gasteiger partial charge is 0.166 e. The van der Waals surface area contributed by atoms with Gasteiger partial charge in [0.15, 0.2) is 5.84 Å². The summed E-state index contributed by atoms with van der Waals surface area (Å²) in [7, 11) is 2.07. The number of hydrazone groups is 1. The van der Waals surface area contributed by atoms with E-state index >= 15 is 0 Å². The highest BCUT2D eigenvalue weighted by Crippen LogP contribution is 2.31. The number of hydrogen-bond acceptors (Lipinski definition) is 4. The lowest BCUT2D eigenvalue weighted by Crippen LogP contribution is -2.30. The molecule has 1 saturated heterocycles. The number of aromatic nitrogens is 1. The van der Waals surface area contributed by atoms with Crippen molar-refractivity contribution in [3.63, 3.8) is 0 Å². The van der Waals surface area contributed by atoms with Gasteiger partial charge in [0.2, 0.25) is 0 Å². The average Bonchev–Trinajstić information content (AvgIpc) is 3.37. The summed E-state index contributed by atoms with van der Waals surface area (Å²) in [4.78, 5) is 2.11. The first-order valence-electron chi connectivity index (χ1n) is 12.0. The van der Waals surface area contributed by atoms with Crippen LogP contribution in [0.5, 0.6) is 0 Å². The van der Waals surface area contributed by atoms with Crippen LogP contribution in [0.25, 0.3) is 10.9 Å². The maximum atomic E-state index is 6.13. The number of ether oxygens (including phenoxy) is 1. The molecule has 3 heterocycles. The summed E-state index contributed by atoms with van der Waals surface area (Å²) in [6.07, 6.45) is 5.80. The van der Waals surface area contributed by atoms with Gasteiger partial charge in [0, 0.05) is 42.0 Å². The number of nitrogens with zero attached hydrogens (tertiary/aromatic N) is 3. The van der Waals surface area contributed by atoms with Crippen LogP contribution in [0.3, 0.4) is 0 Å². The summed E-state index contributed by atoms with van der Waals surface area (Å²) >= 11 is 0. The number of amidine groups is 1. The molecule has 1 aromatic heterocycles. The van der Waals surface area contributed by atoms with Gasteiger partial charge in [-0.2, -0.15) is 5.10 Å². The Morgan fingerprint density at radius 3 is 2.82 bits per heavy atom. The third-order valence-corrected chi connectivity index (χ3v) is 7.12. The van der Waals surface area contributed by atoms with Gasteiger partial charge in [0.1, 0.15) is 5.82 Å². The number of anilines is 1. The largest absolute Gasteiger partial charge is 0.378 e. The molecule has 0 aliphatic carbocycles. The SMILES string of the molecule is C=C1NN=C(c2ccc(CC3OCCCC3C)c(C(C)C)c2)N1c1ccc2c(ccn2C)c1. The van der Waals surface area contributed by atoms with Crippen LogP contribution in [0.1, 0.15) is 56.2 Å². The van der Waals surface area contributed by atoms with Crippen molar-refractivity contribution in [2.75, 3.05) is 11.5 Å². The fraction of sp³-hybridized carbons (Fsp3) is 0.393. The van der Waals surface area contributed by atoms with Gasteiger partial charge in [-0.05, 0) is 72.6 Å². The number of aryl methyl sites for hydroxylation is 1. The van der Waals surface area contributed by atoms with E-state index in [0.29, 0.717) is 17.9 Å². The van der Waals surface area contributed by atoms with Crippen molar-refractivity contribution in [2.24, 2.45) is 18.1 Å². The predicted molar refractivity (Wildman–Crippen MR) is 137 cm³/mol.